The molecule has 4 aromatic rings. The SMILES string of the molecule is O=C(CCc1cccnc1)c1ccc([C@@H]2C[C@H]2C(=O)Cc2ccc3cnccc3c2)cc1. The van der Waals surface area contributed by atoms with Crippen LogP contribution in [0.2, 0.25) is 0 Å². The van der Waals surface area contributed by atoms with Gasteiger partial charge in [0.05, 0.1) is 0 Å². The zero-order valence-electron chi connectivity index (χ0n) is 17.8. The normalized spacial score (nSPS) is 17.2. The molecule has 1 aliphatic rings. The molecule has 0 unspecified atom stereocenters. The fraction of sp³-hybridized carbons (Fsp3) is 0.214. The summed E-state index contributed by atoms with van der Waals surface area (Å²) in [6, 6.07) is 19.8. The van der Waals surface area contributed by atoms with Crippen molar-refractivity contribution in [2.75, 3.05) is 0 Å². The summed E-state index contributed by atoms with van der Waals surface area (Å²) in [6.07, 6.45) is 9.67. The number of fused-ring (bicyclic) bond motifs is 1. The third kappa shape index (κ3) is 4.50. The topological polar surface area (TPSA) is 59.9 Å². The quantitative estimate of drug-likeness (QED) is 0.360. The highest BCUT2D eigenvalue weighted by Gasteiger charge is 2.43. The Morgan fingerprint density at radius 2 is 1.69 bits per heavy atom. The van der Waals surface area contributed by atoms with Gasteiger partial charge in [0.1, 0.15) is 5.78 Å². The van der Waals surface area contributed by atoms with Gasteiger partial charge in [-0.1, -0.05) is 48.5 Å². The zero-order chi connectivity index (χ0) is 21.9. The molecule has 32 heavy (non-hydrogen) atoms. The van der Waals surface area contributed by atoms with E-state index in [9.17, 15) is 9.59 Å². The van der Waals surface area contributed by atoms with Gasteiger partial charge < -0.3 is 0 Å². The lowest BCUT2D eigenvalue weighted by Crippen LogP contribution is -2.06. The van der Waals surface area contributed by atoms with E-state index in [0.29, 0.717) is 25.0 Å². The predicted molar refractivity (Wildman–Crippen MR) is 125 cm³/mol. The van der Waals surface area contributed by atoms with Crippen LogP contribution in [0.15, 0.2) is 85.5 Å². The van der Waals surface area contributed by atoms with E-state index in [1.165, 1.54) is 0 Å². The average molecular weight is 421 g/mol. The molecular formula is C28H24N2O2. The summed E-state index contributed by atoms with van der Waals surface area (Å²) in [6.45, 7) is 0. The number of aryl methyl sites for hydroxylation is 1. The predicted octanol–water partition coefficient (Wildman–Crippen LogP) is 5.36. The van der Waals surface area contributed by atoms with Crippen molar-refractivity contribution in [1.29, 1.82) is 0 Å². The Balaban J connectivity index is 1.17. The minimum atomic E-state index is 0.0790. The Hall–Kier alpha value is -3.66. The van der Waals surface area contributed by atoms with Crippen LogP contribution in [0.4, 0.5) is 0 Å². The molecule has 0 radical (unpaired) electrons. The monoisotopic (exact) mass is 420 g/mol. The molecule has 1 saturated carbocycles. The highest BCUT2D eigenvalue weighted by atomic mass is 16.1. The Labute approximate surface area is 187 Å². The van der Waals surface area contributed by atoms with Crippen molar-refractivity contribution in [3.05, 3.63) is 108 Å². The van der Waals surface area contributed by atoms with Gasteiger partial charge in [0.2, 0.25) is 0 Å². The fourth-order valence-corrected chi connectivity index (χ4v) is 4.36. The third-order valence-corrected chi connectivity index (χ3v) is 6.31. The first kappa shape index (κ1) is 20.3. The minimum Gasteiger partial charge on any atom is -0.299 e. The second-order valence-electron chi connectivity index (χ2n) is 8.56. The number of hydrogen-bond acceptors (Lipinski definition) is 4. The Morgan fingerprint density at radius 3 is 2.50 bits per heavy atom. The van der Waals surface area contributed by atoms with Gasteiger partial charge >= 0.3 is 0 Å². The van der Waals surface area contributed by atoms with E-state index in [1.54, 1.807) is 18.6 Å². The molecule has 2 atom stereocenters. The molecule has 158 valence electrons. The van der Waals surface area contributed by atoms with Gasteiger partial charge in [0.15, 0.2) is 5.78 Å². The number of aromatic nitrogens is 2. The molecule has 0 saturated heterocycles. The maximum Gasteiger partial charge on any atom is 0.163 e. The van der Waals surface area contributed by atoms with Crippen LogP contribution in [0.1, 0.15) is 45.8 Å². The lowest BCUT2D eigenvalue weighted by atomic mass is 9.99. The van der Waals surface area contributed by atoms with E-state index in [1.807, 2.05) is 60.8 Å². The average Bonchev–Trinajstić information content (AvgIpc) is 3.64. The van der Waals surface area contributed by atoms with E-state index < -0.39 is 0 Å². The Morgan fingerprint density at radius 1 is 0.844 bits per heavy atom. The molecule has 0 amide bonds. The van der Waals surface area contributed by atoms with E-state index in [-0.39, 0.29) is 17.6 Å². The highest BCUT2D eigenvalue weighted by molar-refractivity contribution is 5.96. The molecule has 2 aromatic heterocycles. The molecule has 4 nitrogen and oxygen atoms in total. The van der Waals surface area contributed by atoms with Crippen LogP contribution in [0.5, 0.6) is 0 Å². The fourth-order valence-electron chi connectivity index (χ4n) is 4.36. The lowest BCUT2D eigenvalue weighted by Gasteiger charge is -2.05. The van der Waals surface area contributed by atoms with Crippen LogP contribution in [0, 0.1) is 5.92 Å². The molecule has 5 rings (SSSR count). The molecule has 4 heteroatoms. The first-order valence-electron chi connectivity index (χ1n) is 11.0. The molecule has 0 bridgehead atoms. The summed E-state index contributed by atoms with van der Waals surface area (Å²) in [5, 5.41) is 2.20. The van der Waals surface area contributed by atoms with Crippen molar-refractivity contribution in [3.63, 3.8) is 0 Å². The first-order chi connectivity index (χ1) is 15.7. The van der Waals surface area contributed by atoms with Crippen LogP contribution >= 0.6 is 0 Å². The van der Waals surface area contributed by atoms with Gasteiger partial charge in [-0.05, 0) is 53.0 Å². The number of hydrogen-bond donors (Lipinski definition) is 0. The first-order valence-corrected chi connectivity index (χ1v) is 11.0. The van der Waals surface area contributed by atoms with Crippen molar-refractivity contribution in [2.24, 2.45) is 5.92 Å². The number of Topliss-reactive ketones (excluding diaryl/α,β-unsaturated/α-hetero) is 2. The van der Waals surface area contributed by atoms with Crippen LogP contribution in [0.25, 0.3) is 10.8 Å². The summed E-state index contributed by atoms with van der Waals surface area (Å²) in [7, 11) is 0. The van der Waals surface area contributed by atoms with Crippen molar-refractivity contribution >= 4 is 22.3 Å². The van der Waals surface area contributed by atoms with Gasteiger partial charge in [0, 0.05) is 54.5 Å². The molecule has 0 aliphatic heterocycles. The van der Waals surface area contributed by atoms with Gasteiger partial charge in [0.25, 0.3) is 0 Å². The van der Waals surface area contributed by atoms with Gasteiger partial charge in [-0.25, -0.2) is 0 Å². The maximum absolute atomic E-state index is 12.8. The molecule has 0 spiro atoms. The largest absolute Gasteiger partial charge is 0.299 e. The minimum absolute atomic E-state index is 0.0790. The molecular weight excluding hydrogens is 396 g/mol. The summed E-state index contributed by atoms with van der Waals surface area (Å²) in [5.74, 6) is 0.775. The van der Waals surface area contributed by atoms with Crippen molar-refractivity contribution in [2.45, 2.75) is 31.6 Å². The van der Waals surface area contributed by atoms with E-state index in [0.717, 1.165) is 39.4 Å². The smallest absolute Gasteiger partial charge is 0.163 e. The molecule has 2 heterocycles. The number of carbonyl (C=O) groups excluding carboxylic acids is 2. The lowest BCUT2D eigenvalue weighted by molar-refractivity contribution is -0.119. The van der Waals surface area contributed by atoms with Crippen LogP contribution in [-0.2, 0) is 17.6 Å². The summed E-state index contributed by atoms with van der Waals surface area (Å²) in [5.41, 5.74) is 4.00. The van der Waals surface area contributed by atoms with E-state index >= 15 is 0 Å². The Kier molecular flexibility index (Phi) is 5.59. The standard InChI is InChI=1S/C28H24N2O2/c31-27(10-4-19-2-1-12-29-17-19)22-8-6-21(7-9-22)25-16-26(25)28(32)15-20-3-5-24-18-30-13-11-23(24)14-20/h1-3,5-9,11-14,17-18,25-26H,4,10,15-16H2/t25-,26+/m0/s1. The molecule has 0 N–H and O–H groups in total. The summed E-state index contributed by atoms with van der Waals surface area (Å²) in [4.78, 5) is 33.6. The van der Waals surface area contributed by atoms with Crippen molar-refractivity contribution in [1.82, 2.24) is 9.97 Å². The molecule has 1 fully saturated rings. The maximum atomic E-state index is 12.8. The van der Waals surface area contributed by atoms with Crippen molar-refractivity contribution in [3.8, 4) is 0 Å². The van der Waals surface area contributed by atoms with Crippen LogP contribution in [-0.4, -0.2) is 21.5 Å². The number of carbonyl (C=O) groups is 2. The number of rotatable bonds is 8. The van der Waals surface area contributed by atoms with Gasteiger partial charge in [-0.2, -0.15) is 0 Å². The summed E-state index contributed by atoms with van der Waals surface area (Å²) >= 11 is 0. The number of benzene rings is 2. The summed E-state index contributed by atoms with van der Waals surface area (Å²) < 4.78 is 0. The van der Waals surface area contributed by atoms with Gasteiger partial charge in [-0.15, -0.1) is 0 Å². The van der Waals surface area contributed by atoms with Crippen LogP contribution in [0.3, 0.4) is 0 Å². The number of pyridine rings is 2. The van der Waals surface area contributed by atoms with Gasteiger partial charge in [-0.3, -0.25) is 19.6 Å². The number of nitrogens with zero attached hydrogens (tertiary/aromatic N) is 2. The Bertz CT molecular complexity index is 1270. The van der Waals surface area contributed by atoms with E-state index in [4.69, 9.17) is 0 Å². The van der Waals surface area contributed by atoms with E-state index in [2.05, 4.69) is 16.0 Å². The molecule has 1 aliphatic carbocycles. The second-order valence-corrected chi connectivity index (χ2v) is 8.56. The highest BCUT2D eigenvalue weighted by Crippen LogP contribution is 2.48. The second kappa shape index (κ2) is 8.83. The van der Waals surface area contributed by atoms with Crippen molar-refractivity contribution < 1.29 is 9.59 Å². The zero-order valence-corrected chi connectivity index (χ0v) is 17.8. The number of ketones is 2. The molecule has 2 aromatic carbocycles. The third-order valence-electron chi connectivity index (χ3n) is 6.31. The van der Waals surface area contributed by atoms with Crippen LogP contribution < -0.4 is 0 Å².